The maximum absolute atomic E-state index is 10.9. The van der Waals surface area contributed by atoms with E-state index >= 15 is 0 Å². The molecule has 0 amide bonds. The summed E-state index contributed by atoms with van der Waals surface area (Å²) in [5.74, 6) is 13.1. The van der Waals surface area contributed by atoms with E-state index in [-0.39, 0.29) is 20.5 Å². The van der Waals surface area contributed by atoms with Crippen molar-refractivity contribution < 1.29 is 22.4 Å². The lowest BCUT2D eigenvalue weighted by atomic mass is 10.1. The Morgan fingerprint density at radius 1 is 0.722 bits per heavy atom. The Morgan fingerprint density at radius 2 is 1.17 bits per heavy atom. The van der Waals surface area contributed by atoms with Crippen molar-refractivity contribution in [3.63, 3.8) is 0 Å². The van der Waals surface area contributed by atoms with Gasteiger partial charge in [-0.25, -0.2) is 8.42 Å². The zero-order valence-corrected chi connectivity index (χ0v) is 20.4. The first-order valence-electron chi connectivity index (χ1n) is 11.5. The third-order valence-electron chi connectivity index (χ3n) is 4.86. The second-order valence-electron chi connectivity index (χ2n) is 7.74. The van der Waals surface area contributed by atoms with E-state index in [1.165, 1.54) is 0 Å². The third-order valence-corrected chi connectivity index (χ3v) is 5.65. The van der Waals surface area contributed by atoms with E-state index in [0.717, 1.165) is 24.0 Å². The monoisotopic (exact) mass is 503 g/mol. The van der Waals surface area contributed by atoms with Gasteiger partial charge in [0, 0.05) is 29.0 Å². The molecule has 5 nitrogen and oxygen atoms in total. The van der Waals surface area contributed by atoms with Crippen LogP contribution in [-0.2, 0) is 10.1 Å². The summed E-state index contributed by atoms with van der Waals surface area (Å²) < 4.78 is 44.7. The Kier molecular flexibility index (Phi) is 11.6. The number of hydrogen-bond donors (Lipinski definition) is 0. The van der Waals surface area contributed by atoms with Crippen LogP contribution in [0.15, 0.2) is 72.8 Å². The van der Waals surface area contributed by atoms with Crippen molar-refractivity contribution in [3.05, 3.63) is 95.1 Å². The summed E-state index contributed by atoms with van der Waals surface area (Å²) >= 11 is 0. The summed E-state index contributed by atoms with van der Waals surface area (Å²) in [5.41, 5.74) is 2.94. The van der Waals surface area contributed by atoms with E-state index in [4.69, 9.17) is 9.47 Å². The topological polar surface area (TPSA) is 75.7 Å². The van der Waals surface area contributed by atoms with Gasteiger partial charge in [-0.15, -0.1) is 0 Å². The molecule has 0 aliphatic rings. The Hall–Kier alpha value is -3.71. The van der Waals surface area contributed by atoms with Crippen LogP contribution in [-0.4, -0.2) is 31.9 Å². The van der Waals surface area contributed by atoms with Crippen LogP contribution < -0.4 is 9.47 Å². The minimum absolute atomic E-state index is 0. The lowest BCUT2D eigenvalue weighted by Crippen LogP contribution is -2.09. The Labute approximate surface area is 215 Å². The smallest absolute Gasteiger partial charge is 0.136 e. The molecule has 6 heteroatoms. The van der Waals surface area contributed by atoms with Gasteiger partial charge in [0.2, 0.25) is 0 Å². The molecule has 0 bridgehead atoms. The number of unbranched alkanes of at least 4 members (excludes halogenated alkanes) is 1. The standard InChI is InChI=1S/C29H28O5S.CH4/c1-2-3-19-33-28-22-27(18-16-25-13-8-5-9-14-25)29(34-20-10-21-35(30,31)32)23-26(28)17-15-24-11-6-4-7-12-24;/h4-9,11-14,22-23H,2-3,10,19-21H2,1H3,(H,30,31,32);1H4/p-1. The van der Waals surface area contributed by atoms with Crippen LogP contribution in [0.5, 0.6) is 11.5 Å². The zero-order chi connectivity index (χ0) is 24.9. The number of hydrogen-bond acceptors (Lipinski definition) is 5. The lowest BCUT2D eigenvalue weighted by Gasteiger charge is -2.14. The van der Waals surface area contributed by atoms with Gasteiger partial charge < -0.3 is 14.0 Å². The summed E-state index contributed by atoms with van der Waals surface area (Å²) in [6.07, 6.45) is 1.98. The van der Waals surface area contributed by atoms with Crippen LogP contribution in [0, 0.1) is 23.7 Å². The summed E-state index contributed by atoms with van der Waals surface area (Å²) in [5, 5.41) is 0. The quantitative estimate of drug-likeness (QED) is 0.215. The van der Waals surface area contributed by atoms with Crippen LogP contribution in [0.3, 0.4) is 0 Å². The number of ether oxygens (including phenoxy) is 2. The van der Waals surface area contributed by atoms with E-state index in [0.29, 0.717) is 29.2 Å². The van der Waals surface area contributed by atoms with Crippen molar-refractivity contribution in [2.24, 2.45) is 0 Å². The van der Waals surface area contributed by atoms with Gasteiger partial charge in [-0.05, 0) is 37.1 Å². The fourth-order valence-electron chi connectivity index (χ4n) is 3.06. The molecule has 0 unspecified atom stereocenters. The molecular weight excluding hydrogens is 472 g/mol. The summed E-state index contributed by atoms with van der Waals surface area (Å²) in [6.45, 7) is 2.70. The highest BCUT2D eigenvalue weighted by molar-refractivity contribution is 7.85. The van der Waals surface area contributed by atoms with Crippen molar-refractivity contribution in [2.45, 2.75) is 33.6 Å². The molecule has 3 aromatic rings. The van der Waals surface area contributed by atoms with Gasteiger partial charge in [-0.2, -0.15) is 0 Å². The molecule has 0 spiro atoms. The summed E-state index contributed by atoms with van der Waals surface area (Å²) in [6, 6.07) is 22.7. The van der Waals surface area contributed by atoms with E-state index in [1.807, 2.05) is 60.7 Å². The van der Waals surface area contributed by atoms with Gasteiger partial charge in [-0.3, -0.25) is 0 Å². The van der Waals surface area contributed by atoms with Crippen LogP contribution in [0.1, 0.15) is 55.9 Å². The molecule has 0 N–H and O–H groups in total. The van der Waals surface area contributed by atoms with Gasteiger partial charge in [0.15, 0.2) is 0 Å². The van der Waals surface area contributed by atoms with Crippen molar-refractivity contribution in [2.75, 3.05) is 19.0 Å². The van der Waals surface area contributed by atoms with Gasteiger partial charge in [0.25, 0.3) is 0 Å². The van der Waals surface area contributed by atoms with Crippen molar-refractivity contribution in [1.82, 2.24) is 0 Å². The van der Waals surface area contributed by atoms with E-state index in [2.05, 4.69) is 30.6 Å². The highest BCUT2D eigenvalue weighted by Gasteiger charge is 2.11. The van der Waals surface area contributed by atoms with E-state index < -0.39 is 15.9 Å². The SMILES string of the molecule is C.CCCCOc1cc(C#Cc2ccccc2)c(OCCCS(=O)(=O)[O-])cc1C#Cc1ccccc1. The molecule has 3 rings (SSSR count). The van der Waals surface area contributed by atoms with Crippen molar-refractivity contribution >= 4 is 10.1 Å². The second-order valence-corrected chi connectivity index (χ2v) is 9.27. The molecule has 0 saturated heterocycles. The first kappa shape index (κ1) is 28.5. The summed E-state index contributed by atoms with van der Waals surface area (Å²) in [7, 11) is -4.30. The van der Waals surface area contributed by atoms with Crippen molar-refractivity contribution in [1.29, 1.82) is 0 Å². The Balaban J connectivity index is 0.00000456. The maximum atomic E-state index is 10.9. The zero-order valence-electron chi connectivity index (χ0n) is 19.6. The average Bonchev–Trinajstić information content (AvgIpc) is 2.86. The minimum atomic E-state index is -4.30. The predicted molar refractivity (Wildman–Crippen MR) is 143 cm³/mol. The molecular formula is C30H31O5S-. The predicted octanol–water partition coefficient (Wildman–Crippen LogP) is 5.62. The van der Waals surface area contributed by atoms with Crippen LogP contribution in [0.4, 0.5) is 0 Å². The molecule has 36 heavy (non-hydrogen) atoms. The second kappa shape index (κ2) is 14.6. The molecule has 0 fully saturated rings. The Morgan fingerprint density at radius 3 is 1.58 bits per heavy atom. The van der Waals surface area contributed by atoms with Gasteiger partial charge in [-0.1, -0.05) is 80.9 Å². The fraction of sp³-hybridized carbons (Fsp3) is 0.267. The largest absolute Gasteiger partial charge is 0.748 e. The average molecular weight is 504 g/mol. The molecule has 0 aliphatic carbocycles. The molecule has 0 saturated carbocycles. The molecule has 0 radical (unpaired) electrons. The fourth-order valence-corrected chi connectivity index (χ4v) is 3.53. The molecule has 188 valence electrons. The first-order valence-corrected chi connectivity index (χ1v) is 13.0. The molecule has 0 atom stereocenters. The molecule has 0 heterocycles. The molecule has 0 aliphatic heterocycles. The third kappa shape index (κ3) is 9.88. The molecule has 3 aromatic carbocycles. The van der Waals surface area contributed by atoms with Crippen LogP contribution in [0.2, 0.25) is 0 Å². The van der Waals surface area contributed by atoms with Crippen LogP contribution in [0.25, 0.3) is 0 Å². The first-order chi connectivity index (χ1) is 16.9. The maximum Gasteiger partial charge on any atom is 0.136 e. The number of rotatable bonds is 9. The van der Waals surface area contributed by atoms with Crippen LogP contribution >= 0.6 is 0 Å². The minimum Gasteiger partial charge on any atom is -0.748 e. The summed E-state index contributed by atoms with van der Waals surface area (Å²) in [4.78, 5) is 0. The number of benzene rings is 3. The highest BCUT2D eigenvalue weighted by Crippen LogP contribution is 2.29. The van der Waals surface area contributed by atoms with Gasteiger partial charge in [0.05, 0.1) is 34.5 Å². The molecule has 0 aromatic heterocycles. The van der Waals surface area contributed by atoms with E-state index in [1.54, 1.807) is 12.1 Å². The van der Waals surface area contributed by atoms with Gasteiger partial charge >= 0.3 is 0 Å². The highest BCUT2D eigenvalue weighted by atomic mass is 32.2. The van der Waals surface area contributed by atoms with Gasteiger partial charge in [0.1, 0.15) is 11.5 Å². The Bertz CT molecular complexity index is 1330. The van der Waals surface area contributed by atoms with Crippen molar-refractivity contribution in [3.8, 4) is 35.2 Å². The lowest BCUT2D eigenvalue weighted by molar-refractivity contribution is 0.302. The van der Waals surface area contributed by atoms with E-state index in [9.17, 15) is 13.0 Å². The normalized spacial score (nSPS) is 10.2.